The molecule has 0 aliphatic heterocycles. The Bertz CT molecular complexity index is 956. The van der Waals surface area contributed by atoms with Crippen molar-refractivity contribution in [1.29, 1.82) is 0 Å². The minimum atomic E-state index is -0.311. The van der Waals surface area contributed by atoms with E-state index < -0.39 is 0 Å². The minimum Gasteiger partial charge on any atom is -0.321 e. The van der Waals surface area contributed by atoms with Gasteiger partial charge in [-0.25, -0.2) is 0 Å². The van der Waals surface area contributed by atoms with E-state index in [2.05, 4.69) is 42.4 Å². The van der Waals surface area contributed by atoms with Crippen LogP contribution >= 0.6 is 11.8 Å². The lowest BCUT2D eigenvalue weighted by atomic mass is 10.0. The molecule has 1 unspecified atom stereocenters. The molecule has 28 heavy (non-hydrogen) atoms. The van der Waals surface area contributed by atoms with Gasteiger partial charge in [0.15, 0.2) is 0 Å². The Morgan fingerprint density at radius 1 is 0.929 bits per heavy atom. The van der Waals surface area contributed by atoms with Crippen molar-refractivity contribution >= 4 is 17.7 Å². The fourth-order valence-electron chi connectivity index (χ4n) is 2.99. The summed E-state index contributed by atoms with van der Waals surface area (Å²) in [5, 5.41) is 0. The standard InChI is InChI=1S/C25H23NOS/c1-3-26(25(27)22-12-8-5-9-13-22)24(19-14-20-10-6-4-7-11-20)21-15-17-23(28-2)18-16-21/h4-13,15-18,24H,3H2,1-2H3. The molecule has 0 N–H and O–H groups in total. The first kappa shape index (κ1) is 19.8. The van der Waals surface area contributed by atoms with Gasteiger partial charge in [-0.05, 0) is 55.1 Å². The first-order chi connectivity index (χ1) is 13.7. The molecule has 3 aromatic rings. The van der Waals surface area contributed by atoms with E-state index >= 15 is 0 Å². The zero-order chi connectivity index (χ0) is 19.8. The van der Waals surface area contributed by atoms with Crippen LogP contribution in [0.2, 0.25) is 0 Å². The van der Waals surface area contributed by atoms with Crippen LogP contribution in [0.4, 0.5) is 0 Å². The molecule has 0 aliphatic carbocycles. The lowest BCUT2D eigenvalue weighted by molar-refractivity contribution is 0.0728. The minimum absolute atomic E-state index is 0.00981. The fourth-order valence-corrected chi connectivity index (χ4v) is 3.40. The molecule has 1 atom stereocenters. The monoisotopic (exact) mass is 385 g/mol. The van der Waals surface area contributed by atoms with Crippen LogP contribution in [0.5, 0.6) is 0 Å². The number of carbonyl (C=O) groups excluding carboxylic acids is 1. The first-order valence-corrected chi connectivity index (χ1v) is 10.5. The summed E-state index contributed by atoms with van der Waals surface area (Å²) in [5.74, 6) is 6.57. The maximum Gasteiger partial charge on any atom is 0.255 e. The smallest absolute Gasteiger partial charge is 0.255 e. The summed E-state index contributed by atoms with van der Waals surface area (Å²) in [6.07, 6.45) is 2.05. The Morgan fingerprint density at radius 2 is 1.54 bits per heavy atom. The zero-order valence-electron chi connectivity index (χ0n) is 16.1. The van der Waals surface area contributed by atoms with Crippen molar-refractivity contribution in [1.82, 2.24) is 4.90 Å². The Balaban J connectivity index is 2.00. The molecule has 3 heteroatoms. The second kappa shape index (κ2) is 9.82. The van der Waals surface area contributed by atoms with Gasteiger partial charge in [-0.1, -0.05) is 60.4 Å². The van der Waals surface area contributed by atoms with Gasteiger partial charge in [0.2, 0.25) is 0 Å². The SMILES string of the molecule is CCN(C(=O)c1ccccc1)C(C#Cc1ccccc1)c1ccc(SC)cc1. The van der Waals surface area contributed by atoms with Crippen LogP contribution in [0.15, 0.2) is 89.8 Å². The van der Waals surface area contributed by atoms with Crippen LogP contribution in [0.25, 0.3) is 0 Å². The van der Waals surface area contributed by atoms with E-state index in [9.17, 15) is 4.79 Å². The molecule has 0 saturated carbocycles. The van der Waals surface area contributed by atoms with E-state index in [-0.39, 0.29) is 11.9 Å². The highest BCUT2D eigenvalue weighted by atomic mass is 32.2. The molecule has 0 spiro atoms. The van der Waals surface area contributed by atoms with Crippen LogP contribution in [0.3, 0.4) is 0 Å². The molecular weight excluding hydrogens is 362 g/mol. The third-order valence-corrected chi connectivity index (χ3v) is 5.24. The quantitative estimate of drug-likeness (QED) is 0.417. The number of nitrogens with zero attached hydrogens (tertiary/aromatic N) is 1. The summed E-state index contributed by atoms with van der Waals surface area (Å²) >= 11 is 1.70. The van der Waals surface area contributed by atoms with Gasteiger partial charge >= 0.3 is 0 Å². The summed E-state index contributed by atoms with van der Waals surface area (Å²) in [4.78, 5) is 16.2. The number of thioether (sulfide) groups is 1. The zero-order valence-corrected chi connectivity index (χ0v) is 16.9. The van der Waals surface area contributed by atoms with Crippen molar-refractivity contribution in [2.45, 2.75) is 17.9 Å². The van der Waals surface area contributed by atoms with Crippen molar-refractivity contribution in [2.24, 2.45) is 0 Å². The Labute approximate surface area is 171 Å². The van der Waals surface area contributed by atoms with E-state index in [0.29, 0.717) is 12.1 Å². The van der Waals surface area contributed by atoms with Gasteiger partial charge in [-0.2, -0.15) is 0 Å². The predicted molar refractivity (Wildman–Crippen MR) is 117 cm³/mol. The summed E-state index contributed by atoms with van der Waals surface area (Å²) < 4.78 is 0. The van der Waals surface area contributed by atoms with Crippen LogP contribution in [0.1, 0.15) is 34.5 Å². The lowest BCUT2D eigenvalue weighted by Gasteiger charge is -2.28. The molecule has 140 valence electrons. The van der Waals surface area contributed by atoms with Crippen molar-refractivity contribution < 1.29 is 4.79 Å². The number of rotatable bonds is 5. The molecule has 0 aliphatic rings. The number of hydrogen-bond acceptors (Lipinski definition) is 2. The number of hydrogen-bond donors (Lipinski definition) is 0. The van der Waals surface area contributed by atoms with E-state index in [4.69, 9.17) is 0 Å². The van der Waals surface area contributed by atoms with E-state index in [1.807, 2.05) is 72.5 Å². The van der Waals surface area contributed by atoms with Gasteiger partial charge in [-0.15, -0.1) is 11.8 Å². The maximum atomic E-state index is 13.2. The van der Waals surface area contributed by atoms with Crippen molar-refractivity contribution in [2.75, 3.05) is 12.8 Å². The molecule has 2 nitrogen and oxygen atoms in total. The molecule has 0 fully saturated rings. The van der Waals surface area contributed by atoms with Crippen LogP contribution in [0, 0.1) is 11.8 Å². The molecule has 0 radical (unpaired) electrons. The Kier molecular flexibility index (Phi) is 6.94. The Morgan fingerprint density at radius 3 is 2.11 bits per heavy atom. The third kappa shape index (κ3) is 4.85. The third-order valence-electron chi connectivity index (χ3n) is 4.49. The second-order valence-corrected chi connectivity index (χ2v) is 7.15. The summed E-state index contributed by atoms with van der Waals surface area (Å²) in [6, 6.07) is 27.3. The highest BCUT2D eigenvalue weighted by Crippen LogP contribution is 2.25. The molecule has 3 aromatic carbocycles. The molecule has 0 heterocycles. The topological polar surface area (TPSA) is 20.3 Å². The van der Waals surface area contributed by atoms with Crippen molar-refractivity contribution in [3.63, 3.8) is 0 Å². The molecule has 1 amide bonds. The number of amides is 1. The Hall–Kier alpha value is -2.96. The predicted octanol–water partition coefficient (Wildman–Crippen LogP) is 5.66. The maximum absolute atomic E-state index is 13.2. The van der Waals surface area contributed by atoms with E-state index in [1.54, 1.807) is 11.8 Å². The normalized spacial score (nSPS) is 11.2. The van der Waals surface area contributed by atoms with Gasteiger partial charge < -0.3 is 4.90 Å². The van der Waals surface area contributed by atoms with E-state index in [0.717, 1.165) is 11.1 Å². The molecule has 0 aromatic heterocycles. The summed E-state index contributed by atoms with van der Waals surface area (Å²) in [6.45, 7) is 2.57. The lowest BCUT2D eigenvalue weighted by Crippen LogP contribution is -2.34. The van der Waals surface area contributed by atoms with Gasteiger partial charge in [0.25, 0.3) is 5.91 Å². The summed E-state index contributed by atoms with van der Waals surface area (Å²) in [5.41, 5.74) is 2.64. The highest BCUT2D eigenvalue weighted by molar-refractivity contribution is 7.98. The average Bonchev–Trinajstić information content (AvgIpc) is 2.77. The van der Waals surface area contributed by atoms with Crippen LogP contribution < -0.4 is 0 Å². The fraction of sp³-hybridized carbons (Fsp3) is 0.160. The van der Waals surface area contributed by atoms with Gasteiger partial charge in [0, 0.05) is 22.6 Å². The van der Waals surface area contributed by atoms with E-state index in [1.165, 1.54) is 4.90 Å². The van der Waals surface area contributed by atoms with Crippen molar-refractivity contribution in [3.05, 3.63) is 102 Å². The molecule has 0 saturated heterocycles. The average molecular weight is 386 g/mol. The van der Waals surface area contributed by atoms with Crippen LogP contribution in [-0.2, 0) is 0 Å². The van der Waals surface area contributed by atoms with Gasteiger partial charge in [0.05, 0.1) is 0 Å². The van der Waals surface area contributed by atoms with Gasteiger partial charge in [-0.3, -0.25) is 4.79 Å². The van der Waals surface area contributed by atoms with Crippen LogP contribution in [-0.4, -0.2) is 23.6 Å². The largest absolute Gasteiger partial charge is 0.321 e. The number of carbonyl (C=O) groups is 1. The molecular formula is C25H23NOS. The summed E-state index contributed by atoms with van der Waals surface area (Å²) in [7, 11) is 0. The highest BCUT2D eigenvalue weighted by Gasteiger charge is 2.23. The van der Waals surface area contributed by atoms with Gasteiger partial charge in [0.1, 0.15) is 6.04 Å². The second-order valence-electron chi connectivity index (χ2n) is 6.27. The molecule has 3 rings (SSSR count). The van der Waals surface area contributed by atoms with Crippen molar-refractivity contribution in [3.8, 4) is 11.8 Å². The first-order valence-electron chi connectivity index (χ1n) is 9.29. The number of benzene rings is 3. The molecule has 0 bridgehead atoms.